The molecular weight excluding hydrogens is 250 g/mol. The molecule has 0 saturated carbocycles. The number of rotatable bonds is 4. The third-order valence-corrected chi connectivity index (χ3v) is 2.92. The van der Waals surface area contributed by atoms with E-state index in [1.54, 1.807) is 19.9 Å². The highest BCUT2D eigenvalue weighted by Gasteiger charge is 2.30. The van der Waals surface area contributed by atoms with Gasteiger partial charge in [0.25, 0.3) is 6.43 Å². The van der Waals surface area contributed by atoms with Crippen molar-refractivity contribution in [3.8, 4) is 0 Å². The lowest BCUT2D eigenvalue weighted by atomic mass is 9.79. The first-order valence-corrected chi connectivity index (χ1v) is 5.42. The smallest absolute Gasteiger partial charge is 0.304 e. The van der Waals surface area contributed by atoms with Crippen LogP contribution in [-0.4, -0.2) is 11.1 Å². The number of alkyl halides is 2. The van der Waals surface area contributed by atoms with Crippen LogP contribution in [0.1, 0.15) is 37.8 Å². The van der Waals surface area contributed by atoms with Crippen molar-refractivity contribution in [2.24, 2.45) is 0 Å². The number of carboxylic acid groups (broad SMARTS) is 1. The minimum atomic E-state index is -2.72. The lowest BCUT2D eigenvalue weighted by molar-refractivity contribution is -0.138. The van der Waals surface area contributed by atoms with Gasteiger partial charge in [0.2, 0.25) is 0 Å². The Morgan fingerprint density at radius 3 is 2.53 bits per heavy atom. The zero-order valence-corrected chi connectivity index (χ0v) is 10.3. The summed E-state index contributed by atoms with van der Waals surface area (Å²) in [5, 5.41) is 8.76. The maximum Gasteiger partial charge on any atom is 0.304 e. The first-order chi connectivity index (χ1) is 7.75. The molecule has 0 aliphatic heterocycles. The average Bonchev–Trinajstić information content (AvgIpc) is 2.14. The fourth-order valence-corrected chi connectivity index (χ4v) is 2.08. The molecule has 0 aliphatic carbocycles. The summed E-state index contributed by atoms with van der Waals surface area (Å²) < 4.78 is 25.8. The number of halogens is 3. The third kappa shape index (κ3) is 3.16. The Morgan fingerprint density at radius 1 is 1.47 bits per heavy atom. The summed E-state index contributed by atoms with van der Waals surface area (Å²) >= 11 is 5.74. The lowest BCUT2D eigenvalue weighted by Crippen LogP contribution is -2.23. The molecule has 0 amide bonds. The molecule has 94 valence electrons. The van der Waals surface area contributed by atoms with E-state index in [0.717, 1.165) is 0 Å². The number of benzene rings is 1. The molecule has 0 atom stereocenters. The zero-order chi connectivity index (χ0) is 13.2. The summed E-state index contributed by atoms with van der Waals surface area (Å²) in [6, 6.07) is 4.42. The summed E-state index contributed by atoms with van der Waals surface area (Å²) in [7, 11) is 0. The largest absolute Gasteiger partial charge is 0.481 e. The SMILES string of the molecule is CC(C)(CC(=O)O)c1cccc(Cl)c1C(F)F. The Hall–Kier alpha value is -1.16. The van der Waals surface area contributed by atoms with Gasteiger partial charge in [0.05, 0.1) is 6.42 Å². The molecular formula is C12H13ClF2O2. The second kappa shape index (κ2) is 5.00. The highest BCUT2D eigenvalue weighted by molar-refractivity contribution is 6.31. The van der Waals surface area contributed by atoms with Gasteiger partial charge in [-0.15, -0.1) is 0 Å². The molecule has 0 spiro atoms. The van der Waals surface area contributed by atoms with Crippen molar-refractivity contribution in [1.82, 2.24) is 0 Å². The van der Waals surface area contributed by atoms with Crippen LogP contribution in [0.4, 0.5) is 8.78 Å². The summed E-state index contributed by atoms with van der Waals surface area (Å²) in [6.07, 6.45) is -2.95. The monoisotopic (exact) mass is 262 g/mol. The molecule has 1 N–H and O–H groups in total. The van der Waals surface area contributed by atoms with Gasteiger partial charge in [-0.05, 0) is 11.6 Å². The third-order valence-electron chi connectivity index (χ3n) is 2.59. The first kappa shape index (κ1) is 13.9. The van der Waals surface area contributed by atoms with Gasteiger partial charge in [-0.2, -0.15) is 0 Å². The average molecular weight is 263 g/mol. The van der Waals surface area contributed by atoms with Crippen molar-refractivity contribution >= 4 is 17.6 Å². The van der Waals surface area contributed by atoms with Gasteiger partial charge in [-0.25, -0.2) is 8.78 Å². The Balaban J connectivity index is 3.30. The molecule has 0 aliphatic rings. The highest BCUT2D eigenvalue weighted by atomic mass is 35.5. The highest BCUT2D eigenvalue weighted by Crippen LogP contribution is 2.38. The lowest BCUT2D eigenvalue weighted by Gasteiger charge is -2.26. The van der Waals surface area contributed by atoms with E-state index in [4.69, 9.17) is 16.7 Å². The number of carbonyl (C=O) groups is 1. The fraction of sp³-hybridized carbons (Fsp3) is 0.417. The van der Waals surface area contributed by atoms with E-state index in [9.17, 15) is 13.6 Å². The molecule has 17 heavy (non-hydrogen) atoms. The van der Waals surface area contributed by atoms with E-state index in [1.165, 1.54) is 12.1 Å². The van der Waals surface area contributed by atoms with Gasteiger partial charge >= 0.3 is 5.97 Å². The second-order valence-corrected chi connectivity index (χ2v) is 4.86. The number of carboxylic acids is 1. The topological polar surface area (TPSA) is 37.3 Å². The minimum absolute atomic E-state index is 0.0315. The molecule has 0 unspecified atom stereocenters. The Morgan fingerprint density at radius 2 is 2.06 bits per heavy atom. The van der Waals surface area contributed by atoms with E-state index in [-0.39, 0.29) is 22.6 Å². The molecule has 1 aromatic carbocycles. The van der Waals surface area contributed by atoms with Crippen molar-refractivity contribution in [1.29, 1.82) is 0 Å². The van der Waals surface area contributed by atoms with Crippen molar-refractivity contribution in [3.05, 3.63) is 34.3 Å². The van der Waals surface area contributed by atoms with Gasteiger partial charge in [0.15, 0.2) is 0 Å². The predicted molar refractivity (Wildman–Crippen MR) is 61.7 cm³/mol. The van der Waals surface area contributed by atoms with Gasteiger partial charge in [-0.1, -0.05) is 37.6 Å². The molecule has 2 nitrogen and oxygen atoms in total. The van der Waals surface area contributed by atoms with Crippen molar-refractivity contribution in [2.75, 3.05) is 0 Å². The maximum atomic E-state index is 12.9. The normalized spacial score (nSPS) is 11.9. The summed E-state index contributed by atoms with van der Waals surface area (Å²) in [4.78, 5) is 10.7. The number of hydrogen-bond donors (Lipinski definition) is 1. The Kier molecular flexibility index (Phi) is 4.09. The standard InChI is InChI=1S/C12H13ClF2O2/c1-12(2,6-9(16)17)7-4-3-5-8(13)10(7)11(14)15/h3-5,11H,6H2,1-2H3,(H,16,17). The van der Waals surface area contributed by atoms with Crippen LogP contribution in [0.25, 0.3) is 0 Å². The molecule has 1 aromatic rings. The number of hydrogen-bond acceptors (Lipinski definition) is 1. The van der Waals surface area contributed by atoms with Crippen LogP contribution in [-0.2, 0) is 10.2 Å². The van der Waals surface area contributed by atoms with Crippen molar-refractivity contribution in [2.45, 2.75) is 32.1 Å². The quantitative estimate of drug-likeness (QED) is 0.889. The van der Waals surface area contributed by atoms with Crippen LogP contribution in [0.5, 0.6) is 0 Å². The Bertz CT molecular complexity index is 431. The van der Waals surface area contributed by atoms with E-state index < -0.39 is 17.8 Å². The summed E-state index contributed by atoms with van der Waals surface area (Å²) in [6.45, 7) is 3.22. The maximum absolute atomic E-state index is 12.9. The summed E-state index contributed by atoms with van der Waals surface area (Å²) in [5.74, 6) is -1.03. The van der Waals surface area contributed by atoms with Gasteiger partial charge < -0.3 is 5.11 Å². The minimum Gasteiger partial charge on any atom is -0.481 e. The Labute approximate surface area is 103 Å². The van der Waals surface area contributed by atoms with Crippen LogP contribution in [0.2, 0.25) is 5.02 Å². The van der Waals surface area contributed by atoms with Crippen molar-refractivity contribution < 1.29 is 18.7 Å². The molecule has 5 heteroatoms. The molecule has 0 aromatic heterocycles. The predicted octanol–water partition coefficient (Wildman–Crippen LogP) is 4.03. The van der Waals surface area contributed by atoms with Crippen LogP contribution >= 0.6 is 11.6 Å². The van der Waals surface area contributed by atoms with Gasteiger partial charge in [0.1, 0.15) is 0 Å². The van der Waals surface area contributed by atoms with E-state index in [2.05, 4.69) is 0 Å². The van der Waals surface area contributed by atoms with Crippen LogP contribution in [0, 0.1) is 0 Å². The van der Waals surface area contributed by atoms with Crippen LogP contribution in [0.3, 0.4) is 0 Å². The second-order valence-electron chi connectivity index (χ2n) is 4.46. The first-order valence-electron chi connectivity index (χ1n) is 5.04. The molecule has 0 heterocycles. The zero-order valence-electron chi connectivity index (χ0n) is 9.51. The van der Waals surface area contributed by atoms with Crippen molar-refractivity contribution in [3.63, 3.8) is 0 Å². The van der Waals surface area contributed by atoms with E-state index in [0.29, 0.717) is 0 Å². The van der Waals surface area contributed by atoms with Crippen LogP contribution in [0.15, 0.2) is 18.2 Å². The molecule has 0 fully saturated rings. The molecule has 0 saturated heterocycles. The van der Waals surface area contributed by atoms with Gasteiger partial charge in [0, 0.05) is 16.0 Å². The molecule has 0 radical (unpaired) electrons. The number of aliphatic carboxylic acids is 1. The molecule has 1 rings (SSSR count). The molecule has 0 bridgehead atoms. The van der Waals surface area contributed by atoms with Crippen LogP contribution < -0.4 is 0 Å². The van der Waals surface area contributed by atoms with Gasteiger partial charge in [-0.3, -0.25) is 4.79 Å². The van der Waals surface area contributed by atoms with E-state index >= 15 is 0 Å². The summed E-state index contributed by atoms with van der Waals surface area (Å²) in [5.41, 5.74) is -0.884. The fourth-order valence-electron chi connectivity index (χ4n) is 1.82. The van der Waals surface area contributed by atoms with E-state index in [1.807, 2.05) is 0 Å².